The van der Waals surface area contributed by atoms with Crippen LogP contribution in [0.25, 0.3) is 0 Å². The lowest BCUT2D eigenvalue weighted by Crippen LogP contribution is -2.35. The lowest BCUT2D eigenvalue weighted by Gasteiger charge is -2.15. The second-order valence-electron chi connectivity index (χ2n) is 4.36. The number of carbonyl (C=O) groups is 1. The second kappa shape index (κ2) is 4.07. The van der Waals surface area contributed by atoms with E-state index in [1.807, 2.05) is 0 Å². The number of anilines is 1. The van der Waals surface area contributed by atoms with Crippen LogP contribution in [0.15, 0.2) is 18.2 Å². The van der Waals surface area contributed by atoms with Crippen molar-refractivity contribution in [2.75, 3.05) is 5.32 Å². The van der Waals surface area contributed by atoms with E-state index in [1.54, 1.807) is 13.0 Å². The summed E-state index contributed by atoms with van der Waals surface area (Å²) in [6.07, 6.45) is 1.34. The Morgan fingerprint density at radius 1 is 1.53 bits per heavy atom. The second-order valence-corrected chi connectivity index (χ2v) is 4.80. The van der Waals surface area contributed by atoms with Crippen LogP contribution in [0.4, 0.5) is 10.1 Å². The molecule has 5 heteroatoms. The molecule has 1 aliphatic carbocycles. The molecule has 0 atom stereocenters. The number of nitrogens with two attached hydrogens (primary N) is 1. The summed E-state index contributed by atoms with van der Waals surface area (Å²) in [5.74, 6) is -0.621. The topological polar surface area (TPSA) is 55.1 Å². The van der Waals surface area contributed by atoms with Gasteiger partial charge in [-0.25, -0.2) is 4.39 Å². The Hall–Kier alpha value is -1.49. The maximum absolute atomic E-state index is 13.1. The molecule has 0 unspecified atom stereocenters. The third kappa shape index (κ3) is 2.15. The van der Waals surface area contributed by atoms with E-state index in [9.17, 15) is 9.18 Å². The molecule has 0 aliphatic heterocycles. The van der Waals surface area contributed by atoms with E-state index in [0.29, 0.717) is 18.5 Å². The van der Waals surface area contributed by atoms with Crippen LogP contribution in [0.5, 0.6) is 0 Å². The van der Waals surface area contributed by atoms with Crippen molar-refractivity contribution < 1.29 is 9.18 Å². The molecule has 0 radical (unpaired) electrons. The highest BCUT2D eigenvalue weighted by Gasteiger charge is 2.52. The Kier molecular flexibility index (Phi) is 2.87. The first kappa shape index (κ1) is 12.0. The highest BCUT2D eigenvalue weighted by atomic mass is 32.1. The minimum Gasteiger partial charge on any atom is -0.392 e. The van der Waals surface area contributed by atoms with Gasteiger partial charge in [0.15, 0.2) is 0 Å². The van der Waals surface area contributed by atoms with E-state index in [2.05, 4.69) is 5.32 Å². The molecule has 1 amide bonds. The molecule has 1 fully saturated rings. The van der Waals surface area contributed by atoms with E-state index in [-0.39, 0.29) is 16.7 Å². The lowest BCUT2D eigenvalue weighted by molar-refractivity contribution is -0.118. The van der Waals surface area contributed by atoms with Gasteiger partial charge in [-0.1, -0.05) is 18.3 Å². The molecule has 0 saturated heterocycles. The fourth-order valence-electron chi connectivity index (χ4n) is 1.68. The fourth-order valence-corrected chi connectivity index (χ4v) is 1.98. The monoisotopic (exact) mass is 252 g/mol. The highest BCUT2D eigenvalue weighted by molar-refractivity contribution is 7.80. The first-order valence-electron chi connectivity index (χ1n) is 5.33. The van der Waals surface area contributed by atoms with Crippen LogP contribution in [0.3, 0.4) is 0 Å². The number of hydrogen-bond donors (Lipinski definition) is 2. The lowest BCUT2D eigenvalue weighted by atomic mass is 10.1. The van der Waals surface area contributed by atoms with Crippen LogP contribution < -0.4 is 11.1 Å². The average Bonchev–Trinajstić information content (AvgIpc) is 3.04. The van der Waals surface area contributed by atoms with E-state index >= 15 is 0 Å². The van der Waals surface area contributed by atoms with Gasteiger partial charge in [-0.15, -0.1) is 0 Å². The van der Waals surface area contributed by atoms with Gasteiger partial charge in [0.1, 0.15) is 5.82 Å². The van der Waals surface area contributed by atoms with Gasteiger partial charge in [0.05, 0.1) is 10.4 Å². The number of thiocarbonyl (C=S) groups is 1. The van der Waals surface area contributed by atoms with Gasteiger partial charge in [0.25, 0.3) is 0 Å². The maximum atomic E-state index is 13.1. The van der Waals surface area contributed by atoms with Crippen LogP contribution >= 0.6 is 12.2 Å². The first-order valence-corrected chi connectivity index (χ1v) is 5.74. The summed E-state index contributed by atoms with van der Waals surface area (Å²) in [4.78, 5) is 12.2. The minimum absolute atomic E-state index is 0.212. The van der Waals surface area contributed by atoms with Crippen molar-refractivity contribution in [2.24, 2.45) is 11.1 Å². The molecule has 3 nitrogen and oxygen atoms in total. The molecule has 1 aromatic rings. The van der Waals surface area contributed by atoms with Crippen molar-refractivity contribution in [3.63, 3.8) is 0 Å². The highest BCUT2D eigenvalue weighted by Crippen LogP contribution is 2.46. The molecular weight excluding hydrogens is 239 g/mol. The Bertz CT molecular complexity index is 497. The molecule has 3 N–H and O–H groups in total. The summed E-state index contributed by atoms with van der Waals surface area (Å²) in [7, 11) is 0. The zero-order chi connectivity index (χ0) is 12.6. The molecule has 0 heterocycles. The van der Waals surface area contributed by atoms with Crippen molar-refractivity contribution >= 4 is 28.8 Å². The molecule has 1 aromatic carbocycles. The summed E-state index contributed by atoms with van der Waals surface area (Å²) >= 11 is 4.89. The van der Waals surface area contributed by atoms with Crippen LogP contribution in [0.2, 0.25) is 0 Å². The number of benzene rings is 1. The van der Waals surface area contributed by atoms with Gasteiger partial charge >= 0.3 is 0 Å². The van der Waals surface area contributed by atoms with Gasteiger partial charge in [-0.3, -0.25) is 4.79 Å². The molecule has 1 saturated carbocycles. The largest absolute Gasteiger partial charge is 0.392 e. The quantitative estimate of drug-likeness (QED) is 0.810. The first-order chi connectivity index (χ1) is 7.95. The SMILES string of the molecule is Cc1ccc(F)cc1NC(=O)C1(C(N)=S)CC1. The summed E-state index contributed by atoms with van der Waals surface area (Å²) in [6.45, 7) is 1.80. The fraction of sp³-hybridized carbons (Fsp3) is 0.333. The molecule has 17 heavy (non-hydrogen) atoms. The number of nitrogens with one attached hydrogen (secondary N) is 1. The van der Waals surface area contributed by atoms with Crippen LogP contribution in [0.1, 0.15) is 18.4 Å². The van der Waals surface area contributed by atoms with Crippen molar-refractivity contribution in [2.45, 2.75) is 19.8 Å². The van der Waals surface area contributed by atoms with E-state index in [4.69, 9.17) is 18.0 Å². The number of rotatable bonds is 3. The van der Waals surface area contributed by atoms with Gasteiger partial charge in [-0.05, 0) is 37.5 Å². The number of amides is 1. The molecule has 90 valence electrons. The number of aryl methyl sites for hydroxylation is 1. The number of hydrogen-bond acceptors (Lipinski definition) is 2. The number of carbonyl (C=O) groups excluding carboxylic acids is 1. The third-order valence-electron chi connectivity index (χ3n) is 3.10. The summed E-state index contributed by atoms with van der Waals surface area (Å²) in [5, 5.41) is 2.69. The molecule has 1 aliphatic rings. The van der Waals surface area contributed by atoms with Gasteiger partial charge in [-0.2, -0.15) is 0 Å². The Morgan fingerprint density at radius 2 is 2.18 bits per heavy atom. The Labute approximate surface area is 104 Å². The van der Waals surface area contributed by atoms with Gasteiger partial charge in [0.2, 0.25) is 5.91 Å². The van der Waals surface area contributed by atoms with Crippen molar-refractivity contribution in [1.29, 1.82) is 0 Å². The zero-order valence-corrected chi connectivity index (χ0v) is 10.2. The minimum atomic E-state index is -0.714. The summed E-state index contributed by atoms with van der Waals surface area (Å²) in [6, 6.07) is 4.26. The van der Waals surface area contributed by atoms with Crippen molar-refractivity contribution in [3.05, 3.63) is 29.6 Å². The Morgan fingerprint density at radius 3 is 2.71 bits per heavy atom. The average molecular weight is 252 g/mol. The third-order valence-corrected chi connectivity index (χ3v) is 3.49. The van der Waals surface area contributed by atoms with E-state index < -0.39 is 5.41 Å². The summed E-state index contributed by atoms with van der Waals surface area (Å²) in [5.41, 5.74) is 6.11. The van der Waals surface area contributed by atoms with Gasteiger partial charge in [0, 0.05) is 5.69 Å². The van der Waals surface area contributed by atoms with Crippen LogP contribution in [-0.4, -0.2) is 10.9 Å². The molecule has 0 aromatic heterocycles. The Balaban J connectivity index is 2.19. The maximum Gasteiger partial charge on any atom is 0.237 e. The molecule has 0 spiro atoms. The van der Waals surface area contributed by atoms with Crippen LogP contribution in [0, 0.1) is 18.2 Å². The smallest absolute Gasteiger partial charge is 0.237 e. The van der Waals surface area contributed by atoms with E-state index in [1.165, 1.54) is 12.1 Å². The summed E-state index contributed by atoms with van der Waals surface area (Å²) < 4.78 is 13.1. The van der Waals surface area contributed by atoms with Crippen molar-refractivity contribution in [1.82, 2.24) is 0 Å². The molecule has 0 bridgehead atoms. The van der Waals surface area contributed by atoms with Crippen LogP contribution in [-0.2, 0) is 4.79 Å². The van der Waals surface area contributed by atoms with E-state index in [0.717, 1.165) is 5.56 Å². The predicted octanol–water partition coefficient (Wildman–Crippen LogP) is 2.14. The van der Waals surface area contributed by atoms with Gasteiger partial charge < -0.3 is 11.1 Å². The standard InChI is InChI=1S/C12H13FN2OS/c1-7-2-3-8(13)6-9(7)15-11(16)12(4-5-12)10(14)17/h2-3,6H,4-5H2,1H3,(H2,14,17)(H,15,16). The predicted molar refractivity (Wildman–Crippen MR) is 68.2 cm³/mol. The molecular formula is C12H13FN2OS. The molecule has 2 rings (SSSR count). The normalized spacial score (nSPS) is 16.4. The number of halogens is 1. The zero-order valence-electron chi connectivity index (χ0n) is 9.42. The van der Waals surface area contributed by atoms with Crippen molar-refractivity contribution in [3.8, 4) is 0 Å².